The Balaban J connectivity index is 1.72. The molecule has 0 atom stereocenters. The van der Waals surface area contributed by atoms with Crippen molar-refractivity contribution in [2.45, 2.75) is 18.2 Å². The van der Waals surface area contributed by atoms with Gasteiger partial charge in [-0.05, 0) is 48.9 Å². The van der Waals surface area contributed by atoms with Crippen molar-refractivity contribution in [2.75, 3.05) is 19.8 Å². The molecule has 0 fully saturated rings. The molecule has 9 heteroatoms. The number of hydrazone groups is 1. The van der Waals surface area contributed by atoms with E-state index in [1.165, 1.54) is 18.3 Å². The van der Waals surface area contributed by atoms with Gasteiger partial charge in [0.25, 0.3) is 10.0 Å². The summed E-state index contributed by atoms with van der Waals surface area (Å²) in [6.45, 7) is 3.41. The normalized spacial score (nSPS) is 14.0. The summed E-state index contributed by atoms with van der Waals surface area (Å²) in [4.78, 5) is 2.26. The van der Waals surface area contributed by atoms with Gasteiger partial charge in [0.2, 0.25) is 0 Å². The van der Waals surface area contributed by atoms with Crippen LogP contribution in [0.1, 0.15) is 18.9 Å². The molecule has 1 aliphatic rings. The minimum absolute atomic E-state index is 0.0831. The molecule has 1 aliphatic heterocycles. The summed E-state index contributed by atoms with van der Waals surface area (Å²) in [5.74, 6) is 1.60. The number of halogens is 1. The fraction of sp³-hybridized carbons (Fsp3) is 0.278. The molecule has 0 unspecified atom stereocenters. The molecule has 0 aromatic heterocycles. The lowest BCUT2D eigenvalue weighted by atomic mass is 10.2. The van der Waals surface area contributed by atoms with Crippen LogP contribution in [0.25, 0.3) is 0 Å². The Morgan fingerprint density at radius 3 is 2.70 bits per heavy atom. The smallest absolute Gasteiger partial charge is 0.276 e. The van der Waals surface area contributed by atoms with Crippen molar-refractivity contribution < 1.29 is 22.6 Å². The number of hydrogen-bond donors (Lipinski definition) is 1. The lowest BCUT2D eigenvalue weighted by Gasteiger charge is -2.10. The Morgan fingerprint density at radius 2 is 1.96 bits per heavy atom. The van der Waals surface area contributed by atoms with Gasteiger partial charge in [-0.15, -0.1) is 0 Å². The topological polar surface area (TPSA) is 86.2 Å². The zero-order valence-corrected chi connectivity index (χ0v) is 16.2. The van der Waals surface area contributed by atoms with Crippen molar-refractivity contribution >= 4 is 27.8 Å². The SMILES string of the molecule is CCOc1ccc(S(=O)(=O)N/N=C\c2cc(Cl)c3c(c2)OCCCO3)cc1. The Labute approximate surface area is 162 Å². The Kier molecular flexibility index (Phi) is 6.08. The highest BCUT2D eigenvalue weighted by Gasteiger charge is 2.16. The Hall–Kier alpha value is -2.45. The molecule has 0 spiro atoms. The fourth-order valence-corrected chi connectivity index (χ4v) is 3.49. The average molecular weight is 411 g/mol. The molecule has 0 saturated heterocycles. The van der Waals surface area contributed by atoms with Crippen molar-refractivity contribution in [1.82, 2.24) is 4.83 Å². The molecule has 0 saturated carbocycles. The third-order valence-corrected chi connectivity index (χ3v) is 5.18. The van der Waals surface area contributed by atoms with Crippen molar-refractivity contribution in [1.29, 1.82) is 0 Å². The van der Waals surface area contributed by atoms with Crippen LogP contribution in [-0.4, -0.2) is 34.5 Å². The lowest BCUT2D eigenvalue weighted by molar-refractivity contribution is 0.297. The second kappa shape index (κ2) is 8.49. The highest BCUT2D eigenvalue weighted by atomic mass is 35.5. The van der Waals surface area contributed by atoms with E-state index in [2.05, 4.69) is 9.93 Å². The minimum atomic E-state index is -3.79. The van der Waals surface area contributed by atoms with E-state index in [-0.39, 0.29) is 4.90 Å². The van der Waals surface area contributed by atoms with Crippen molar-refractivity contribution in [3.8, 4) is 17.2 Å². The quantitative estimate of drug-likeness (QED) is 0.583. The summed E-state index contributed by atoms with van der Waals surface area (Å²) in [6.07, 6.45) is 2.11. The summed E-state index contributed by atoms with van der Waals surface area (Å²) in [5.41, 5.74) is 0.582. The van der Waals surface area contributed by atoms with Crippen LogP contribution in [0.15, 0.2) is 46.4 Å². The standard InChI is InChI=1S/C18H19ClN2O5S/c1-2-24-14-4-6-15(7-5-14)27(22,23)21-20-12-13-10-16(19)18-17(11-13)25-8-3-9-26-18/h4-7,10-12,21H,2-3,8-9H2,1H3/b20-12-. The zero-order chi connectivity index (χ0) is 19.3. The third kappa shape index (κ3) is 4.84. The first-order chi connectivity index (χ1) is 13.0. The Bertz CT molecular complexity index is 930. The molecular weight excluding hydrogens is 392 g/mol. The lowest BCUT2D eigenvalue weighted by Crippen LogP contribution is -2.18. The summed E-state index contributed by atoms with van der Waals surface area (Å²) >= 11 is 6.21. The van der Waals surface area contributed by atoms with Crippen molar-refractivity contribution in [2.24, 2.45) is 5.10 Å². The minimum Gasteiger partial charge on any atom is -0.494 e. The summed E-state index contributed by atoms with van der Waals surface area (Å²) < 4.78 is 41.0. The molecule has 2 aromatic carbocycles. The van der Waals surface area contributed by atoms with Crippen LogP contribution in [0.4, 0.5) is 0 Å². The average Bonchev–Trinajstić information content (AvgIpc) is 2.88. The monoisotopic (exact) mass is 410 g/mol. The third-order valence-electron chi connectivity index (χ3n) is 3.66. The number of nitrogens with zero attached hydrogens (tertiary/aromatic N) is 1. The molecule has 2 aromatic rings. The van der Waals surface area contributed by atoms with Crippen molar-refractivity contribution in [3.63, 3.8) is 0 Å². The molecule has 7 nitrogen and oxygen atoms in total. The van der Waals surface area contributed by atoms with E-state index >= 15 is 0 Å². The van der Waals surface area contributed by atoms with Gasteiger partial charge >= 0.3 is 0 Å². The molecule has 1 N–H and O–H groups in total. The number of nitrogens with one attached hydrogen (secondary N) is 1. The zero-order valence-electron chi connectivity index (χ0n) is 14.6. The maximum atomic E-state index is 12.3. The fourth-order valence-electron chi connectivity index (χ4n) is 2.43. The molecule has 27 heavy (non-hydrogen) atoms. The van der Waals surface area contributed by atoms with Crippen LogP contribution >= 0.6 is 11.6 Å². The maximum Gasteiger partial charge on any atom is 0.276 e. The number of hydrogen-bond acceptors (Lipinski definition) is 6. The van der Waals surface area contributed by atoms with Gasteiger partial charge in [0, 0.05) is 6.42 Å². The highest BCUT2D eigenvalue weighted by molar-refractivity contribution is 7.89. The number of sulfonamides is 1. The summed E-state index contributed by atoms with van der Waals surface area (Å²) in [6, 6.07) is 9.41. The van der Waals surface area contributed by atoms with Crippen LogP contribution in [0.5, 0.6) is 17.2 Å². The van der Waals surface area contributed by atoms with Crippen LogP contribution in [-0.2, 0) is 10.0 Å². The number of fused-ring (bicyclic) bond motifs is 1. The van der Waals surface area contributed by atoms with E-state index in [4.69, 9.17) is 25.8 Å². The van der Waals surface area contributed by atoms with Gasteiger partial charge in [-0.25, -0.2) is 4.83 Å². The number of rotatable bonds is 6. The molecular formula is C18H19ClN2O5S. The molecule has 0 radical (unpaired) electrons. The van der Waals surface area contributed by atoms with E-state index in [0.29, 0.717) is 47.7 Å². The van der Waals surface area contributed by atoms with Gasteiger partial charge in [0.1, 0.15) is 5.75 Å². The van der Waals surface area contributed by atoms with Gasteiger partial charge < -0.3 is 14.2 Å². The predicted octanol–water partition coefficient (Wildman–Crippen LogP) is 3.21. The highest BCUT2D eigenvalue weighted by Crippen LogP contribution is 2.37. The summed E-state index contributed by atoms with van der Waals surface area (Å²) in [5, 5.41) is 4.19. The molecule has 1 heterocycles. The van der Waals surface area contributed by atoms with Crippen LogP contribution < -0.4 is 19.0 Å². The van der Waals surface area contributed by atoms with Crippen molar-refractivity contribution in [3.05, 3.63) is 47.0 Å². The van der Waals surface area contributed by atoms with Crippen LogP contribution in [0, 0.1) is 0 Å². The van der Waals surface area contributed by atoms with Crippen LogP contribution in [0.2, 0.25) is 5.02 Å². The second-order valence-electron chi connectivity index (χ2n) is 5.64. The summed E-state index contributed by atoms with van der Waals surface area (Å²) in [7, 11) is -3.79. The van der Waals surface area contributed by atoms with Crippen LogP contribution in [0.3, 0.4) is 0 Å². The van der Waals surface area contributed by atoms with Gasteiger partial charge in [-0.1, -0.05) is 11.6 Å². The van der Waals surface area contributed by atoms with Gasteiger partial charge in [0.05, 0.1) is 36.0 Å². The number of ether oxygens (including phenoxy) is 3. The van der Waals surface area contributed by atoms with E-state index in [1.807, 2.05) is 6.92 Å². The number of benzene rings is 2. The van der Waals surface area contributed by atoms with E-state index in [1.54, 1.807) is 24.3 Å². The largest absolute Gasteiger partial charge is 0.494 e. The van der Waals surface area contributed by atoms with E-state index < -0.39 is 10.0 Å². The van der Waals surface area contributed by atoms with Gasteiger partial charge in [-0.3, -0.25) is 0 Å². The van der Waals surface area contributed by atoms with E-state index in [0.717, 1.165) is 6.42 Å². The van der Waals surface area contributed by atoms with Gasteiger partial charge in [-0.2, -0.15) is 13.5 Å². The second-order valence-corrected chi connectivity index (χ2v) is 7.71. The molecule has 144 valence electrons. The molecule has 3 rings (SSSR count). The predicted molar refractivity (Wildman–Crippen MR) is 103 cm³/mol. The molecule has 0 bridgehead atoms. The molecule has 0 amide bonds. The first-order valence-corrected chi connectivity index (χ1v) is 10.2. The van der Waals surface area contributed by atoms with Gasteiger partial charge in [0.15, 0.2) is 11.5 Å². The Morgan fingerprint density at radius 1 is 1.22 bits per heavy atom. The first-order valence-electron chi connectivity index (χ1n) is 8.36. The maximum absolute atomic E-state index is 12.3. The molecule has 0 aliphatic carbocycles. The van der Waals surface area contributed by atoms with E-state index in [9.17, 15) is 8.42 Å². The first kappa shape index (κ1) is 19.3.